The van der Waals surface area contributed by atoms with E-state index in [0.29, 0.717) is 18.1 Å². The number of nitrogens with zero attached hydrogens (tertiary/aromatic N) is 1. The van der Waals surface area contributed by atoms with Crippen LogP contribution in [0.1, 0.15) is 51.0 Å². The SMILES string of the molecule is CCCCCCCCOc1ccc(C(=N)N)cn1. The molecule has 0 aromatic carbocycles. The molecule has 0 atom stereocenters. The van der Waals surface area contributed by atoms with Crippen LogP contribution >= 0.6 is 0 Å². The van der Waals surface area contributed by atoms with Crippen LogP contribution in [0.5, 0.6) is 5.88 Å². The molecule has 18 heavy (non-hydrogen) atoms. The van der Waals surface area contributed by atoms with Gasteiger partial charge in [-0.1, -0.05) is 39.0 Å². The first-order valence-electron chi connectivity index (χ1n) is 6.67. The highest BCUT2D eigenvalue weighted by Crippen LogP contribution is 2.09. The summed E-state index contributed by atoms with van der Waals surface area (Å²) in [7, 11) is 0. The Morgan fingerprint density at radius 1 is 1.22 bits per heavy atom. The molecule has 3 N–H and O–H groups in total. The van der Waals surface area contributed by atoms with E-state index in [1.807, 2.05) is 0 Å². The molecule has 1 aromatic rings. The summed E-state index contributed by atoms with van der Waals surface area (Å²) in [6.45, 7) is 2.93. The number of rotatable bonds is 9. The Bertz CT molecular complexity index is 349. The van der Waals surface area contributed by atoms with Crippen LogP contribution < -0.4 is 10.5 Å². The van der Waals surface area contributed by atoms with E-state index in [1.54, 1.807) is 18.3 Å². The summed E-state index contributed by atoms with van der Waals surface area (Å²) in [5.74, 6) is 0.638. The van der Waals surface area contributed by atoms with Crippen molar-refractivity contribution in [3.63, 3.8) is 0 Å². The first-order valence-corrected chi connectivity index (χ1v) is 6.67. The molecular formula is C14H23N3O. The molecule has 0 saturated carbocycles. The highest BCUT2D eigenvalue weighted by atomic mass is 16.5. The number of hydrogen-bond acceptors (Lipinski definition) is 3. The normalized spacial score (nSPS) is 10.3. The van der Waals surface area contributed by atoms with Gasteiger partial charge < -0.3 is 10.5 Å². The van der Waals surface area contributed by atoms with E-state index in [9.17, 15) is 0 Å². The lowest BCUT2D eigenvalue weighted by Crippen LogP contribution is -2.11. The Kier molecular flexibility index (Phi) is 6.84. The second-order valence-electron chi connectivity index (χ2n) is 4.42. The molecule has 0 saturated heterocycles. The molecule has 1 aromatic heterocycles. The van der Waals surface area contributed by atoms with Crippen LogP contribution in [0.4, 0.5) is 0 Å². The highest BCUT2D eigenvalue weighted by Gasteiger charge is 1.99. The molecule has 0 bridgehead atoms. The van der Waals surface area contributed by atoms with Crippen molar-refractivity contribution in [3.8, 4) is 5.88 Å². The van der Waals surface area contributed by atoms with Crippen LogP contribution in [0.25, 0.3) is 0 Å². The van der Waals surface area contributed by atoms with E-state index < -0.39 is 0 Å². The third-order valence-corrected chi connectivity index (χ3v) is 2.80. The first-order chi connectivity index (χ1) is 8.74. The van der Waals surface area contributed by atoms with Crippen LogP contribution in [0.3, 0.4) is 0 Å². The number of aromatic nitrogens is 1. The Balaban J connectivity index is 2.14. The number of nitrogen functional groups attached to an aromatic ring is 1. The molecular weight excluding hydrogens is 226 g/mol. The summed E-state index contributed by atoms with van der Waals surface area (Å²) in [6.07, 6.45) is 9.07. The number of nitrogens with two attached hydrogens (primary N) is 1. The van der Waals surface area contributed by atoms with Gasteiger partial charge in [-0.2, -0.15) is 0 Å². The minimum Gasteiger partial charge on any atom is -0.478 e. The van der Waals surface area contributed by atoms with E-state index >= 15 is 0 Å². The molecule has 0 aliphatic carbocycles. The van der Waals surface area contributed by atoms with Crippen molar-refractivity contribution in [2.75, 3.05) is 6.61 Å². The number of hydrogen-bond donors (Lipinski definition) is 2. The monoisotopic (exact) mass is 249 g/mol. The number of pyridine rings is 1. The maximum Gasteiger partial charge on any atom is 0.213 e. The van der Waals surface area contributed by atoms with Gasteiger partial charge in [0, 0.05) is 17.8 Å². The lowest BCUT2D eigenvalue weighted by Gasteiger charge is -2.05. The lowest BCUT2D eigenvalue weighted by atomic mass is 10.1. The smallest absolute Gasteiger partial charge is 0.213 e. The molecule has 4 heteroatoms. The lowest BCUT2D eigenvalue weighted by molar-refractivity contribution is 0.293. The molecule has 1 heterocycles. The molecule has 0 unspecified atom stereocenters. The van der Waals surface area contributed by atoms with E-state index in [-0.39, 0.29) is 5.84 Å². The van der Waals surface area contributed by atoms with Crippen LogP contribution in [0, 0.1) is 5.41 Å². The average Bonchev–Trinajstić information content (AvgIpc) is 2.38. The zero-order valence-corrected chi connectivity index (χ0v) is 11.1. The van der Waals surface area contributed by atoms with Crippen LogP contribution in [0.2, 0.25) is 0 Å². The van der Waals surface area contributed by atoms with Gasteiger partial charge in [0.05, 0.1) is 6.61 Å². The van der Waals surface area contributed by atoms with Gasteiger partial charge in [0.2, 0.25) is 5.88 Å². The molecule has 1 rings (SSSR count). The predicted molar refractivity (Wildman–Crippen MR) is 74.1 cm³/mol. The predicted octanol–water partition coefficient (Wildman–Crippen LogP) is 3.10. The summed E-state index contributed by atoms with van der Waals surface area (Å²) in [5.41, 5.74) is 5.97. The summed E-state index contributed by atoms with van der Waals surface area (Å²) in [6, 6.07) is 3.51. The van der Waals surface area contributed by atoms with Gasteiger partial charge in [-0.25, -0.2) is 4.98 Å². The fourth-order valence-electron chi connectivity index (χ4n) is 1.68. The zero-order valence-electron chi connectivity index (χ0n) is 11.1. The summed E-state index contributed by atoms with van der Waals surface area (Å²) in [5, 5.41) is 7.25. The van der Waals surface area contributed by atoms with Crippen LogP contribution in [0.15, 0.2) is 18.3 Å². The average molecular weight is 249 g/mol. The first kappa shape index (κ1) is 14.5. The summed E-state index contributed by atoms with van der Waals surface area (Å²) < 4.78 is 5.52. The van der Waals surface area contributed by atoms with Gasteiger partial charge in [-0.3, -0.25) is 5.41 Å². The van der Waals surface area contributed by atoms with E-state index in [0.717, 1.165) is 6.42 Å². The summed E-state index contributed by atoms with van der Waals surface area (Å²) >= 11 is 0. The van der Waals surface area contributed by atoms with Crippen molar-refractivity contribution in [3.05, 3.63) is 23.9 Å². The fraction of sp³-hybridized carbons (Fsp3) is 0.571. The number of ether oxygens (including phenoxy) is 1. The Hall–Kier alpha value is -1.58. The van der Waals surface area contributed by atoms with Crippen molar-refractivity contribution >= 4 is 5.84 Å². The van der Waals surface area contributed by atoms with E-state index in [4.69, 9.17) is 15.9 Å². The van der Waals surface area contributed by atoms with E-state index in [1.165, 1.54) is 32.1 Å². The van der Waals surface area contributed by atoms with E-state index in [2.05, 4.69) is 11.9 Å². The third kappa shape index (κ3) is 5.66. The van der Waals surface area contributed by atoms with Crippen LogP contribution in [-0.4, -0.2) is 17.4 Å². The minimum atomic E-state index is 0.0324. The molecule has 0 amide bonds. The second kappa shape index (κ2) is 8.50. The standard InChI is InChI=1S/C14H23N3O/c1-2-3-4-5-6-7-10-18-13-9-8-12(11-17-13)14(15)16/h8-9,11H,2-7,10H2,1H3,(H3,15,16). The Morgan fingerprint density at radius 2 is 1.94 bits per heavy atom. The maximum atomic E-state index is 7.25. The van der Waals surface area contributed by atoms with Crippen molar-refractivity contribution in [1.29, 1.82) is 5.41 Å². The zero-order chi connectivity index (χ0) is 13.2. The quantitative estimate of drug-likeness (QED) is 0.401. The van der Waals surface area contributed by atoms with Gasteiger partial charge >= 0.3 is 0 Å². The molecule has 0 radical (unpaired) electrons. The Labute approximate surface area is 109 Å². The Morgan fingerprint density at radius 3 is 2.56 bits per heavy atom. The topological polar surface area (TPSA) is 72.0 Å². The number of unbranched alkanes of at least 4 members (excludes halogenated alkanes) is 5. The molecule has 0 spiro atoms. The number of amidine groups is 1. The van der Waals surface area contributed by atoms with Crippen LogP contribution in [-0.2, 0) is 0 Å². The fourth-order valence-corrected chi connectivity index (χ4v) is 1.68. The van der Waals surface area contributed by atoms with Crippen molar-refractivity contribution in [2.45, 2.75) is 45.4 Å². The van der Waals surface area contributed by atoms with Gasteiger partial charge in [0.15, 0.2) is 0 Å². The highest BCUT2D eigenvalue weighted by molar-refractivity contribution is 5.94. The molecule has 0 fully saturated rings. The maximum absolute atomic E-state index is 7.25. The third-order valence-electron chi connectivity index (χ3n) is 2.80. The minimum absolute atomic E-state index is 0.0324. The van der Waals surface area contributed by atoms with Gasteiger partial charge in [0.25, 0.3) is 0 Å². The molecule has 4 nitrogen and oxygen atoms in total. The van der Waals surface area contributed by atoms with Crippen molar-refractivity contribution in [1.82, 2.24) is 4.98 Å². The van der Waals surface area contributed by atoms with Gasteiger partial charge in [-0.15, -0.1) is 0 Å². The largest absolute Gasteiger partial charge is 0.478 e. The molecule has 0 aliphatic heterocycles. The second-order valence-corrected chi connectivity index (χ2v) is 4.42. The van der Waals surface area contributed by atoms with Gasteiger partial charge in [-0.05, 0) is 12.5 Å². The van der Waals surface area contributed by atoms with Crippen molar-refractivity contribution in [2.24, 2.45) is 5.73 Å². The molecule has 100 valence electrons. The number of nitrogens with one attached hydrogen (secondary N) is 1. The molecule has 0 aliphatic rings. The van der Waals surface area contributed by atoms with Gasteiger partial charge in [0.1, 0.15) is 5.84 Å². The summed E-state index contributed by atoms with van der Waals surface area (Å²) in [4.78, 5) is 4.10. The van der Waals surface area contributed by atoms with Crippen molar-refractivity contribution < 1.29 is 4.74 Å².